The van der Waals surface area contributed by atoms with Crippen molar-refractivity contribution >= 4 is 33.3 Å². The molecular formula is C13H15N5OS. The number of fused-ring (bicyclic) bond motifs is 1. The highest BCUT2D eigenvalue weighted by Crippen LogP contribution is 2.29. The molecule has 0 spiro atoms. The third kappa shape index (κ3) is 2.33. The van der Waals surface area contributed by atoms with Crippen LogP contribution in [0.4, 0.5) is 11.8 Å². The smallest absolute Gasteiger partial charge is 0.240 e. The number of thiophene rings is 1. The van der Waals surface area contributed by atoms with Gasteiger partial charge in [0.05, 0.1) is 11.4 Å². The van der Waals surface area contributed by atoms with E-state index in [0.29, 0.717) is 5.95 Å². The van der Waals surface area contributed by atoms with E-state index in [0.717, 1.165) is 27.6 Å². The Morgan fingerprint density at radius 2 is 2.15 bits per heavy atom. The van der Waals surface area contributed by atoms with Crippen LogP contribution in [0.15, 0.2) is 28.0 Å². The summed E-state index contributed by atoms with van der Waals surface area (Å²) < 4.78 is 5.62. The summed E-state index contributed by atoms with van der Waals surface area (Å²) in [5.74, 6) is 8.30. The molecule has 0 aliphatic rings. The fourth-order valence-corrected chi connectivity index (χ4v) is 2.76. The van der Waals surface area contributed by atoms with Crippen LogP contribution in [0.2, 0.25) is 0 Å². The van der Waals surface area contributed by atoms with Crippen LogP contribution >= 0.6 is 11.3 Å². The molecule has 3 aromatic rings. The lowest BCUT2D eigenvalue weighted by Gasteiger charge is -2.13. The standard InChI is InChI=1S/C13H15N5OS/c1-7-3-4-10(19-7)8(2)15-11-9-5-6-20-12(9)17-13(16-11)18-14/h3-6,8H,14H2,1-2H3,(H2,15,16,17,18). The van der Waals surface area contributed by atoms with Gasteiger partial charge in [0.2, 0.25) is 5.95 Å². The van der Waals surface area contributed by atoms with Gasteiger partial charge in [0, 0.05) is 0 Å². The number of hydrogen-bond donors (Lipinski definition) is 3. The first kappa shape index (κ1) is 12.9. The third-order valence-electron chi connectivity index (χ3n) is 3.00. The maximum atomic E-state index is 5.62. The van der Waals surface area contributed by atoms with Gasteiger partial charge in [0.1, 0.15) is 22.2 Å². The SMILES string of the molecule is Cc1ccc(C(C)Nc2nc(NN)nc3sccc23)o1. The average Bonchev–Trinajstić information content (AvgIpc) is 3.06. The number of rotatable bonds is 4. The van der Waals surface area contributed by atoms with E-state index in [4.69, 9.17) is 10.3 Å². The van der Waals surface area contributed by atoms with Crippen molar-refractivity contribution in [3.8, 4) is 0 Å². The van der Waals surface area contributed by atoms with Gasteiger partial charge in [-0.3, -0.25) is 5.43 Å². The fourth-order valence-electron chi connectivity index (χ4n) is 1.99. The van der Waals surface area contributed by atoms with Crippen molar-refractivity contribution in [3.63, 3.8) is 0 Å². The molecule has 0 radical (unpaired) electrons. The summed E-state index contributed by atoms with van der Waals surface area (Å²) in [6.45, 7) is 3.95. The van der Waals surface area contributed by atoms with Crippen LogP contribution in [0.5, 0.6) is 0 Å². The number of hydrazine groups is 1. The minimum absolute atomic E-state index is 0.00678. The van der Waals surface area contributed by atoms with Gasteiger partial charge in [-0.1, -0.05) is 0 Å². The molecule has 1 atom stereocenters. The Hall–Kier alpha value is -2.12. The predicted molar refractivity (Wildman–Crippen MR) is 80.7 cm³/mol. The topological polar surface area (TPSA) is 89.0 Å². The van der Waals surface area contributed by atoms with Crippen LogP contribution < -0.4 is 16.6 Å². The number of furan rings is 1. The van der Waals surface area contributed by atoms with Crippen LogP contribution in [0.25, 0.3) is 10.2 Å². The second kappa shape index (κ2) is 5.10. The predicted octanol–water partition coefficient (Wildman–Crippen LogP) is 3.05. The van der Waals surface area contributed by atoms with E-state index in [1.807, 2.05) is 37.4 Å². The van der Waals surface area contributed by atoms with E-state index >= 15 is 0 Å². The summed E-state index contributed by atoms with van der Waals surface area (Å²) in [6, 6.07) is 5.90. The van der Waals surface area contributed by atoms with Crippen molar-refractivity contribution in [1.29, 1.82) is 0 Å². The molecule has 3 aromatic heterocycles. The van der Waals surface area contributed by atoms with Gasteiger partial charge in [0.15, 0.2) is 0 Å². The largest absolute Gasteiger partial charge is 0.464 e. The molecule has 20 heavy (non-hydrogen) atoms. The van der Waals surface area contributed by atoms with Gasteiger partial charge in [-0.25, -0.2) is 10.8 Å². The zero-order valence-electron chi connectivity index (χ0n) is 11.2. The molecule has 104 valence electrons. The highest BCUT2D eigenvalue weighted by atomic mass is 32.1. The molecule has 1 unspecified atom stereocenters. The summed E-state index contributed by atoms with van der Waals surface area (Å²) in [5, 5.41) is 6.30. The number of nitrogens with two attached hydrogens (primary N) is 1. The van der Waals surface area contributed by atoms with Crippen LogP contribution in [0.3, 0.4) is 0 Å². The van der Waals surface area contributed by atoms with Crippen molar-refractivity contribution in [2.75, 3.05) is 10.7 Å². The monoisotopic (exact) mass is 289 g/mol. The minimum atomic E-state index is 0.00678. The molecule has 0 aliphatic carbocycles. The summed E-state index contributed by atoms with van der Waals surface area (Å²) in [5.41, 5.74) is 2.49. The average molecular weight is 289 g/mol. The Labute approximate surface area is 120 Å². The van der Waals surface area contributed by atoms with E-state index in [-0.39, 0.29) is 6.04 Å². The zero-order valence-corrected chi connectivity index (χ0v) is 12.0. The normalized spacial score (nSPS) is 12.6. The second-order valence-corrected chi connectivity index (χ2v) is 5.39. The summed E-state index contributed by atoms with van der Waals surface area (Å²) in [7, 11) is 0. The van der Waals surface area contributed by atoms with Crippen LogP contribution in [-0.4, -0.2) is 9.97 Å². The Balaban J connectivity index is 1.95. The first-order valence-corrected chi connectivity index (χ1v) is 7.10. The van der Waals surface area contributed by atoms with Gasteiger partial charge >= 0.3 is 0 Å². The van der Waals surface area contributed by atoms with Gasteiger partial charge in [-0.15, -0.1) is 11.3 Å². The minimum Gasteiger partial charge on any atom is -0.464 e. The Morgan fingerprint density at radius 3 is 2.85 bits per heavy atom. The molecule has 7 heteroatoms. The highest BCUT2D eigenvalue weighted by molar-refractivity contribution is 7.16. The quantitative estimate of drug-likeness (QED) is 0.505. The maximum absolute atomic E-state index is 5.62. The molecule has 6 nitrogen and oxygen atoms in total. The molecule has 0 amide bonds. The Kier molecular flexibility index (Phi) is 3.29. The van der Waals surface area contributed by atoms with Crippen molar-refractivity contribution < 1.29 is 4.42 Å². The number of aryl methyl sites for hydroxylation is 1. The highest BCUT2D eigenvalue weighted by Gasteiger charge is 2.14. The van der Waals surface area contributed by atoms with Crippen molar-refractivity contribution in [3.05, 3.63) is 35.1 Å². The van der Waals surface area contributed by atoms with E-state index in [1.54, 1.807) is 11.3 Å². The molecule has 0 aromatic carbocycles. The Bertz CT molecular complexity index is 735. The first-order valence-electron chi connectivity index (χ1n) is 6.22. The molecule has 0 saturated carbocycles. The lowest BCUT2D eigenvalue weighted by molar-refractivity contribution is 0.466. The van der Waals surface area contributed by atoms with Gasteiger partial charge in [-0.2, -0.15) is 4.98 Å². The summed E-state index contributed by atoms with van der Waals surface area (Å²) in [4.78, 5) is 9.56. The number of aromatic nitrogens is 2. The van der Waals surface area contributed by atoms with Crippen molar-refractivity contribution in [1.82, 2.24) is 9.97 Å². The molecule has 4 N–H and O–H groups in total. The van der Waals surface area contributed by atoms with E-state index < -0.39 is 0 Å². The number of nitrogens with zero attached hydrogens (tertiary/aromatic N) is 2. The van der Waals surface area contributed by atoms with Gasteiger partial charge < -0.3 is 9.73 Å². The summed E-state index contributed by atoms with van der Waals surface area (Å²) >= 11 is 1.55. The number of nitrogens with one attached hydrogen (secondary N) is 2. The molecule has 0 fully saturated rings. The lowest BCUT2D eigenvalue weighted by Crippen LogP contribution is -2.13. The lowest BCUT2D eigenvalue weighted by atomic mass is 10.2. The maximum Gasteiger partial charge on any atom is 0.240 e. The molecule has 0 saturated heterocycles. The number of nitrogen functional groups attached to an aromatic ring is 1. The summed E-state index contributed by atoms with van der Waals surface area (Å²) in [6.07, 6.45) is 0. The molecular weight excluding hydrogens is 274 g/mol. The van der Waals surface area contributed by atoms with E-state index in [1.165, 1.54) is 0 Å². The number of hydrogen-bond acceptors (Lipinski definition) is 7. The third-order valence-corrected chi connectivity index (χ3v) is 3.80. The second-order valence-electron chi connectivity index (χ2n) is 4.49. The van der Waals surface area contributed by atoms with E-state index in [2.05, 4.69) is 20.7 Å². The van der Waals surface area contributed by atoms with Crippen LogP contribution in [-0.2, 0) is 0 Å². The van der Waals surface area contributed by atoms with Gasteiger partial charge in [-0.05, 0) is 37.4 Å². The fraction of sp³-hybridized carbons (Fsp3) is 0.231. The first-order chi connectivity index (χ1) is 9.67. The van der Waals surface area contributed by atoms with Crippen LogP contribution in [0.1, 0.15) is 24.5 Å². The van der Waals surface area contributed by atoms with E-state index in [9.17, 15) is 0 Å². The van der Waals surface area contributed by atoms with Crippen molar-refractivity contribution in [2.45, 2.75) is 19.9 Å². The molecule has 3 heterocycles. The molecule has 0 aliphatic heterocycles. The zero-order chi connectivity index (χ0) is 14.1. The van der Waals surface area contributed by atoms with Crippen molar-refractivity contribution in [2.24, 2.45) is 5.84 Å². The van der Waals surface area contributed by atoms with Gasteiger partial charge in [0.25, 0.3) is 0 Å². The molecule has 3 rings (SSSR count). The molecule has 0 bridgehead atoms. The Morgan fingerprint density at radius 1 is 1.30 bits per heavy atom. The van der Waals surface area contributed by atoms with Crippen LogP contribution in [0, 0.1) is 6.92 Å². The number of anilines is 2.